The number of anilines is 2. The Balaban J connectivity index is 1.22. The molecule has 2 aliphatic rings. The van der Waals surface area contributed by atoms with Crippen molar-refractivity contribution in [2.24, 2.45) is 0 Å². The molecule has 0 saturated carbocycles. The third-order valence-corrected chi connectivity index (χ3v) is 10.9. The van der Waals surface area contributed by atoms with Gasteiger partial charge in [0.15, 0.2) is 0 Å². The largest absolute Gasteiger partial charge is 0.356 e. The fourth-order valence-electron chi connectivity index (χ4n) is 8.85. The lowest BCUT2D eigenvalue weighted by Gasteiger charge is -2.31. The number of fused-ring (bicyclic) bond motifs is 13. The highest BCUT2D eigenvalue weighted by molar-refractivity contribution is 6.11. The molecule has 1 spiro atoms. The van der Waals surface area contributed by atoms with E-state index in [9.17, 15) is 0 Å². The van der Waals surface area contributed by atoms with Crippen molar-refractivity contribution >= 4 is 38.9 Å². The summed E-state index contributed by atoms with van der Waals surface area (Å²) < 4.78 is 2.32. The molecule has 50 heavy (non-hydrogen) atoms. The molecule has 0 bridgehead atoms. The van der Waals surface area contributed by atoms with Gasteiger partial charge in [-0.3, -0.25) is 0 Å². The summed E-state index contributed by atoms with van der Waals surface area (Å²) in [5.74, 6) is 0. The summed E-state index contributed by atoms with van der Waals surface area (Å²) in [4.78, 5) is 0. The van der Waals surface area contributed by atoms with Crippen LogP contribution in [0.2, 0.25) is 0 Å². The molecule has 0 atom stereocenters. The summed E-state index contributed by atoms with van der Waals surface area (Å²) in [5, 5.41) is 6.17. The number of nitrogens with one attached hydrogen (secondary N) is 1. The Labute approximate surface area is 292 Å². The Bertz CT molecular complexity index is 2660. The summed E-state index contributed by atoms with van der Waals surface area (Å²) in [6.45, 7) is 6.19. The molecular weight excluding hydrogens is 605 g/mol. The van der Waals surface area contributed by atoms with Gasteiger partial charge in [0.2, 0.25) is 0 Å². The minimum Gasteiger partial charge on any atom is -0.356 e. The average Bonchev–Trinajstić information content (AvgIpc) is 3.77. The molecule has 0 fully saturated rings. The molecule has 1 aromatic heterocycles. The number of hydrogen-bond donors (Lipinski definition) is 1. The van der Waals surface area contributed by atoms with Crippen LogP contribution in [0.25, 0.3) is 60.9 Å². The fourth-order valence-corrected chi connectivity index (χ4v) is 8.85. The van der Waals surface area contributed by atoms with Gasteiger partial charge in [-0.1, -0.05) is 122 Å². The molecule has 0 aliphatic heterocycles. The van der Waals surface area contributed by atoms with Gasteiger partial charge in [-0.15, -0.1) is 0 Å². The van der Waals surface area contributed by atoms with E-state index in [2.05, 4.69) is 187 Å². The third kappa shape index (κ3) is 3.85. The van der Waals surface area contributed by atoms with Crippen molar-refractivity contribution in [3.05, 3.63) is 199 Å². The molecule has 0 saturated heterocycles. The third-order valence-electron chi connectivity index (χ3n) is 10.9. The van der Waals surface area contributed by atoms with Crippen molar-refractivity contribution < 1.29 is 0 Å². The molecule has 0 unspecified atom stereocenters. The fraction of sp³-hybridized carbons (Fsp3) is 0.0417. The number of rotatable bonds is 5. The molecular formula is C48H34N2. The number of benzene rings is 7. The first kappa shape index (κ1) is 28.6. The number of para-hydroxylation sites is 2. The van der Waals surface area contributed by atoms with Crippen LogP contribution in [0.15, 0.2) is 176 Å². The molecule has 236 valence electrons. The van der Waals surface area contributed by atoms with Gasteiger partial charge in [0.25, 0.3) is 0 Å². The van der Waals surface area contributed by atoms with E-state index in [0.29, 0.717) is 0 Å². The van der Waals surface area contributed by atoms with Crippen molar-refractivity contribution in [2.75, 3.05) is 5.32 Å². The summed E-state index contributed by atoms with van der Waals surface area (Å²) in [6, 6.07) is 58.2. The minimum atomic E-state index is -0.437. The first-order valence-corrected chi connectivity index (χ1v) is 17.3. The van der Waals surface area contributed by atoms with E-state index < -0.39 is 5.41 Å². The minimum absolute atomic E-state index is 0.437. The van der Waals surface area contributed by atoms with Crippen LogP contribution >= 0.6 is 0 Å². The standard InChI is InChI=1S/C48H34N2/c1-3-35(4-2)50-46-21-13-10-18-40(46)41-28-31(23-27-47(41)50)32-22-25-38-39-26-24-34(49-33-14-6-5-7-15-33)30-45(39)48(44(38)29-32)42-19-11-8-16-36(42)37-17-9-12-20-43(37)48/h3-30,49H,1H2,2H3. The highest BCUT2D eigenvalue weighted by Gasteiger charge is 2.51. The van der Waals surface area contributed by atoms with Crippen molar-refractivity contribution in [3.63, 3.8) is 0 Å². The van der Waals surface area contributed by atoms with E-state index in [4.69, 9.17) is 0 Å². The molecule has 1 heterocycles. The molecule has 0 radical (unpaired) electrons. The lowest BCUT2D eigenvalue weighted by Crippen LogP contribution is -2.26. The average molecular weight is 639 g/mol. The lowest BCUT2D eigenvalue weighted by molar-refractivity contribution is 0.794. The van der Waals surface area contributed by atoms with Crippen LogP contribution in [-0.2, 0) is 5.41 Å². The molecule has 10 rings (SSSR count). The summed E-state index contributed by atoms with van der Waals surface area (Å²) in [5.41, 5.74) is 18.2. The number of allylic oxidation sites excluding steroid dienone is 3. The van der Waals surface area contributed by atoms with Gasteiger partial charge in [-0.2, -0.15) is 0 Å². The molecule has 7 aromatic carbocycles. The monoisotopic (exact) mass is 638 g/mol. The van der Waals surface area contributed by atoms with Crippen LogP contribution in [0, 0.1) is 0 Å². The Kier molecular flexibility index (Phi) is 6.19. The predicted molar refractivity (Wildman–Crippen MR) is 211 cm³/mol. The van der Waals surface area contributed by atoms with E-state index >= 15 is 0 Å². The maximum absolute atomic E-state index is 4.12. The summed E-state index contributed by atoms with van der Waals surface area (Å²) in [6.07, 6.45) is 4.07. The quantitative estimate of drug-likeness (QED) is 0.186. The molecule has 2 nitrogen and oxygen atoms in total. The normalized spacial score (nSPS) is 13.7. The maximum Gasteiger partial charge on any atom is 0.0726 e. The van der Waals surface area contributed by atoms with Gasteiger partial charge >= 0.3 is 0 Å². The maximum atomic E-state index is 4.12. The Morgan fingerprint density at radius 3 is 1.84 bits per heavy atom. The van der Waals surface area contributed by atoms with Crippen LogP contribution in [0.3, 0.4) is 0 Å². The van der Waals surface area contributed by atoms with Crippen LogP contribution in [0.5, 0.6) is 0 Å². The van der Waals surface area contributed by atoms with Crippen LogP contribution < -0.4 is 5.32 Å². The van der Waals surface area contributed by atoms with Gasteiger partial charge in [0.05, 0.1) is 16.4 Å². The van der Waals surface area contributed by atoms with E-state index in [-0.39, 0.29) is 0 Å². The Morgan fingerprint density at radius 1 is 0.520 bits per heavy atom. The first-order valence-electron chi connectivity index (χ1n) is 17.3. The van der Waals surface area contributed by atoms with Crippen LogP contribution in [0.1, 0.15) is 29.2 Å². The van der Waals surface area contributed by atoms with Gasteiger partial charge in [0, 0.05) is 27.8 Å². The topological polar surface area (TPSA) is 17.0 Å². The van der Waals surface area contributed by atoms with E-state index in [1.165, 1.54) is 77.4 Å². The molecule has 2 heteroatoms. The highest BCUT2D eigenvalue weighted by atomic mass is 15.0. The van der Waals surface area contributed by atoms with Gasteiger partial charge < -0.3 is 9.88 Å². The van der Waals surface area contributed by atoms with E-state index in [1.54, 1.807) is 0 Å². The van der Waals surface area contributed by atoms with Crippen molar-refractivity contribution in [3.8, 4) is 33.4 Å². The van der Waals surface area contributed by atoms with Gasteiger partial charge in [0.1, 0.15) is 0 Å². The lowest BCUT2D eigenvalue weighted by atomic mass is 9.70. The van der Waals surface area contributed by atoms with E-state index in [1.807, 2.05) is 6.08 Å². The second kappa shape index (κ2) is 10.8. The molecule has 8 aromatic rings. The van der Waals surface area contributed by atoms with Crippen molar-refractivity contribution in [1.29, 1.82) is 0 Å². The first-order chi connectivity index (χ1) is 24.7. The molecule has 1 N–H and O–H groups in total. The summed E-state index contributed by atoms with van der Waals surface area (Å²) >= 11 is 0. The number of nitrogens with zero attached hydrogens (tertiary/aromatic N) is 1. The Morgan fingerprint density at radius 2 is 1.10 bits per heavy atom. The van der Waals surface area contributed by atoms with Gasteiger partial charge in [-0.05, 0) is 117 Å². The Hall–Kier alpha value is -6.38. The zero-order valence-corrected chi connectivity index (χ0v) is 27.8. The zero-order valence-electron chi connectivity index (χ0n) is 27.8. The predicted octanol–water partition coefficient (Wildman–Crippen LogP) is 12.6. The second-order valence-corrected chi connectivity index (χ2v) is 13.4. The highest BCUT2D eigenvalue weighted by Crippen LogP contribution is 2.63. The molecule has 0 amide bonds. The van der Waals surface area contributed by atoms with E-state index in [0.717, 1.165) is 17.1 Å². The zero-order chi connectivity index (χ0) is 33.4. The number of aromatic nitrogens is 1. The smallest absolute Gasteiger partial charge is 0.0726 e. The second-order valence-electron chi connectivity index (χ2n) is 13.4. The van der Waals surface area contributed by atoms with Crippen molar-refractivity contribution in [1.82, 2.24) is 4.57 Å². The van der Waals surface area contributed by atoms with Crippen molar-refractivity contribution in [2.45, 2.75) is 12.3 Å². The SMILES string of the molecule is C=CC(=CC)n1c2ccccc2c2cc(-c3ccc4c(c3)C3(c5ccccc5-c5ccccc53)c3cc(Nc5ccccc5)ccc3-4)ccc21. The number of hydrogen-bond acceptors (Lipinski definition) is 1. The van der Waals surface area contributed by atoms with Crippen LogP contribution in [0.4, 0.5) is 11.4 Å². The van der Waals surface area contributed by atoms with Gasteiger partial charge in [-0.25, -0.2) is 0 Å². The summed E-state index contributed by atoms with van der Waals surface area (Å²) in [7, 11) is 0. The van der Waals surface area contributed by atoms with Crippen LogP contribution in [-0.4, -0.2) is 4.57 Å². The molecule has 2 aliphatic carbocycles.